The number of nitrogens with one attached hydrogen (secondary N) is 1. The molecule has 0 spiro atoms. The molecule has 10 nitrogen and oxygen atoms in total. The van der Waals surface area contributed by atoms with Crippen molar-refractivity contribution in [1.82, 2.24) is 14.8 Å². The van der Waals surface area contributed by atoms with E-state index in [4.69, 9.17) is 4.42 Å². The third-order valence-corrected chi connectivity index (χ3v) is 6.21. The van der Waals surface area contributed by atoms with Crippen LogP contribution in [-0.2, 0) is 11.3 Å². The monoisotopic (exact) mass is 466 g/mol. The van der Waals surface area contributed by atoms with Gasteiger partial charge in [-0.3, -0.25) is 24.3 Å². The van der Waals surface area contributed by atoms with E-state index < -0.39 is 10.7 Å². The molecular formula is C24H26N4O6. The van der Waals surface area contributed by atoms with Crippen LogP contribution in [0.4, 0.5) is 5.69 Å². The van der Waals surface area contributed by atoms with Crippen molar-refractivity contribution >= 4 is 28.6 Å². The molecule has 1 aromatic heterocycles. The minimum Gasteiger partial charge on any atom is -0.407 e. The molecule has 1 aliphatic heterocycles. The number of carbonyl (C=O) groups excluding carboxylic acids is 2. The van der Waals surface area contributed by atoms with Gasteiger partial charge in [0.25, 0.3) is 11.6 Å². The van der Waals surface area contributed by atoms with Crippen molar-refractivity contribution in [2.24, 2.45) is 0 Å². The number of hydrogen-bond acceptors (Lipinski definition) is 6. The van der Waals surface area contributed by atoms with Gasteiger partial charge in [0.1, 0.15) is 0 Å². The Kier molecular flexibility index (Phi) is 6.76. The van der Waals surface area contributed by atoms with Gasteiger partial charge in [0.15, 0.2) is 5.58 Å². The van der Waals surface area contributed by atoms with Crippen LogP contribution in [0.1, 0.15) is 41.6 Å². The fourth-order valence-electron chi connectivity index (χ4n) is 4.29. The van der Waals surface area contributed by atoms with Crippen molar-refractivity contribution < 1.29 is 18.9 Å². The number of likely N-dealkylation sites (tertiary alicyclic amines) is 1. The van der Waals surface area contributed by atoms with E-state index >= 15 is 0 Å². The molecule has 2 amide bonds. The van der Waals surface area contributed by atoms with Gasteiger partial charge >= 0.3 is 5.76 Å². The second kappa shape index (κ2) is 9.90. The van der Waals surface area contributed by atoms with E-state index in [1.807, 2.05) is 25.1 Å². The predicted octanol–water partition coefficient (Wildman–Crippen LogP) is 3.01. The molecule has 178 valence electrons. The van der Waals surface area contributed by atoms with Gasteiger partial charge in [0.05, 0.1) is 16.5 Å². The predicted molar refractivity (Wildman–Crippen MR) is 125 cm³/mol. The average molecular weight is 466 g/mol. The molecule has 0 unspecified atom stereocenters. The first-order chi connectivity index (χ1) is 16.3. The van der Waals surface area contributed by atoms with E-state index in [1.165, 1.54) is 22.8 Å². The van der Waals surface area contributed by atoms with Crippen LogP contribution in [-0.4, -0.2) is 45.3 Å². The Hall–Kier alpha value is -3.95. The summed E-state index contributed by atoms with van der Waals surface area (Å²) < 4.78 is 6.51. The Morgan fingerprint density at radius 2 is 1.91 bits per heavy atom. The fraction of sp³-hybridized carbons (Fsp3) is 0.375. The highest BCUT2D eigenvalue weighted by Gasteiger charge is 2.24. The minimum atomic E-state index is -0.604. The Labute approximate surface area is 195 Å². The van der Waals surface area contributed by atoms with Crippen molar-refractivity contribution in [2.45, 2.75) is 45.2 Å². The van der Waals surface area contributed by atoms with Crippen LogP contribution in [0.3, 0.4) is 0 Å². The number of nitro groups is 1. The lowest BCUT2D eigenvalue weighted by Crippen LogP contribution is -2.46. The normalized spacial score (nSPS) is 14.3. The zero-order chi connectivity index (χ0) is 24.2. The summed E-state index contributed by atoms with van der Waals surface area (Å²) in [5.74, 6) is -0.695. The van der Waals surface area contributed by atoms with Gasteiger partial charge in [-0.25, -0.2) is 4.79 Å². The molecule has 0 radical (unpaired) electrons. The molecule has 0 aliphatic carbocycles. The van der Waals surface area contributed by atoms with Crippen molar-refractivity contribution in [3.05, 3.63) is 74.3 Å². The first-order valence-corrected chi connectivity index (χ1v) is 11.3. The summed E-state index contributed by atoms with van der Waals surface area (Å²) in [7, 11) is 0. The molecular weight excluding hydrogens is 440 g/mol. The van der Waals surface area contributed by atoms with Crippen molar-refractivity contribution in [1.29, 1.82) is 0 Å². The number of benzene rings is 2. The Bertz CT molecular complexity index is 1290. The third-order valence-electron chi connectivity index (χ3n) is 6.21. The topological polar surface area (TPSA) is 128 Å². The molecule has 1 saturated heterocycles. The fourth-order valence-corrected chi connectivity index (χ4v) is 4.29. The summed E-state index contributed by atoms with van der Waals surface area (Å²) >= 11 is 0. The average Bonchev–Trinajstić information content (AvgIpc) is 3.14. The summed E-state index contributed by atoms with van der Waals surface area (Å²) in [5, 5.41) is 14.0. The third kappa shape index (κ3) is 5.00. The molecule has 4 rings (SSSR count). The van der Waals surface area contributed by atoms with Crippen LogP contribution in [0.5, 0.6) is 0 Å². The summed E-state index contributed by atoms with van der Waals surface area (Å²) in [4.78, 5) is 49.4. The highest BCUT2D eigenvalue weighted by atomic mass is 16.6. The van der Waals surface area contributed by atoms with Gasteiger partial charge in [0.2, 0.25) is 5.91 Å². The number of carbonyl (C=O) groups is 2. The quantitative estimate of drug-likeness (QED) is 0.421. The van der Waals surface area contributed by atoms with E-state index in [0.29, 0.717) is 43.4 Å². The van der Waals surface area contributed by atoms with Crippen molar-refractivity contribution in [3.63, 3.8) is 0 Å². The van der Waals surface area contributed by atoms with Crippen LogP contribution in [0.15, 0.2) is 51.7 Å². The van der Waals surface area contributed by atoms with E-state index in [-0.39, 0.29) is 42.1 Å². The van der Waals surface area contributed by atoms with Crippen molar-refractivity contribution in [2.75, 3.05) is 13.1 Å². The minimum absolute atomic E-state index is 0.000155. The molecule has 2 aromatic carbocycles. The largest absolute Gasteiger partial charge is 0.419 e. The molecule has 3 aromatic rings. The van der Waals surface area contributed by atoms with Gasteiger partial charge < -0.3 is 14.6 Å². The van der Waals surface area contributed by atoms with E-state index in [1.54, 1.807) is 11.0 Å². The summed E-state index contributed by atoms with van der Waals surface area (Å²) in [6, 6.07) is 11.5. The maximum atomic E-state index is 12.6. The van der Waals surface area contributed by atoms with Gasteiger partial charge in [-0.2, -0.15) is 0 Å². The van der Waals surface area contributed by atoms with Crippen LogP contribution in [0.25, 0.3) is 11.1 Å². The van der Waals surface area contributed by atoms with Crippen molar-refractivity contribution in [3.8, 4) is 0 Å². The first kappa shape index (κ1) is 23.2. The summed E-state index contributed by atoms with van der Waals surface area (Å²) in [6.07, 6.45) is 2.09. The number of rotatable bonds is 7. The first-order valence-electron chi connectivity index (χ1n) is 11.3. The second-order valence-electron chi connectivity index (χ2n) is 8.48. The Morgan fingerprint density at radius 3 is 2.62 bits per heavy atom. The highest BCUT2D eigenvalue weighted by molar-refractivity contribution is 5.95. The maximum Gasteiger partial charge on any atom is 0.419 e. The number of aryl methyl sites for hydroxylation is 2. The van der Waals surface area contributed by atoms with Gasteiger partial charge in [0, 0.05) is 43.7 Å². The summed E-state index contributed by atoms with van der Waals surface area (Å²) in [6.45, 7) is 3.31. The number of hydrogen-bond donors (Lipinski definition) is 1. The molecule has 2 heterocycles. The van der Waals surface area contributed by atoms with E-state index in [0.717, 1.165) is 5.56 Å². The SMILES string of the molecule is Cc1ccccc1C(=O)NC1CCN(C(=O)CCCn2c(=O)oc3cc([N+](=O)[O-])ccc32)CC1. The number of nitro benzene ring substituents is 1. The van der Waals surface area contributed by atoms with Crippen LogP contribution < -0.4 is 11.1 Å². The molecule has 34 heavy (non-hydrogen) atoms. The molecule has 0 atom stereocenters. The zero-order valence-corrected chi connectivity index (χ0v) is 18.9. The van der Waals surface area contributed by atoms with E-state index in [9.17, 15) is 24.5 Å². The number of oxazole rings is 1. The smallest absolute Gasteiger partial charge is 0.407 e. The van der Waals surface area contributed by atoms with Gasteiger partial charge in [-0.1, -0.05) is 18.2 Å². The van der Waals surface area contributed by atoms with E-state index in [2.05, 4.69) is 5.32 Å². The second-order valence-corrected chi connectivity index (χ2v) is 8.48. The Morgan fingerprint density at radius 1 is 1.18 bits per heavy atom. The molecule has 1 fully saturated rings. The number of aromatic nitrogens is 1. The number of non-ortho nitro benzene ring substituents is 1. The van der Waals surface area contributed by atoms with Crippen LogP contribution in [0.2, 0.25) is 0 Å². The number of nitrogens with zero attached hydrogens (tertiary/aromatic N) is 3. The van der Waals surface area contributed by atoms with Gasteiger partial charge in [-0.05, 0) is 43.9 Å². The maximum absolute atomic E-state index is 12.6. The molecule has 1 aliphatic rings. The molecule has 10 heteroatoms. The highest BCUT2D eigenvalue weighted by Crippen LogP contribution is 2.21. The lowest BCUT2D eigenvalue weighted by Gasteiger charge is -2.32. The lowest BCUT2D eigenvalue weighted by molar-refractivity contribution is -0.384. The standard InChI is InChI=1S/C24H26N4O6/c1-16-5-2-3-6-19(16)23(30)25-17-10-13-26(14-11-17)22(29)7-4-12-27-20-9-8-18(28(32)33)15-21(20)34-24(27)31/h2-3,5-6,8-9,15,17H,4,7,10-14H2,1H3,(H,25,30). The number of piperidine rings is 1. The zero-order valence-electron chi connectivity index (χ0n) is 18.9. The molecule has 0 bridgehead atoms. The number of fused-ring (bicyclic) bond motifs is 1. The van der Waals surface area contributed by atoms with Crippen LogP contribution in [0, 0.1) is 17.0 Å². The van der Waals surface area contributed by atoms with Crippen LogP contribution >= 0.6 is 0 Å². The van der Waals surface area contributed by atoms with Gasteiger partial charge in [-0.15, -0.1) is 0 Å². The Balaban J connectivity index is 1.26. The number of amides is 2. The lowest BCUT2D eigenvalue weighted by atomic mass is 10.0. The summed E-state index contributed by atoms with van der Waals surface area (Å²) in [5.41, 5.74) is 2.06. The molecule has 0 saturated carbocycles. The molecule has 1 N–H and O–H groups in total.